The predicted octanol–water partition coefficient (Wildman–Crippen LogP) is 3.48. The van der Waals surface area contributed by atoms with Gasteiger partial charge in [-0.15, -0.1) is 10.2 Å². The van der Waals surface area contributed by atoms with Crippen LogP contribution in [0.2, 0.25) is 0 Å². The van der Waals surface area contributed by atoms with Gasteiger partial charge in [-0.05, 0) is 51.0 Å². The summed E-state index contributed by atoms with van der Waals surface area (Å²) in [6.07, 6.45) is 2.54. The van der Waals surface area contributed by atoms with Gasteiger partial charge in [-0.1, -0.05) is 11.3 Å². The quantitative estimate of drug-likeness (QED) is 0.592. The number of nitrogens with one attached hydrogen (secondary N) is 1. The molecular formula is C22H30F3N5O3S. The van der Waals surface area contributed by atoms with Crippen molar-refractivity contribution in [1.29, 1.82) is 0 Å². The second-order valence-electron chi connectivity index (χ2n) is 9.06. The zero-order valence-electron chi connectivity index (χ0n) is 19.2. The van der Waals surface area contributed by atoms with Crippen molar-refractivity contribution in [2.75, 3.05) is 26.2 Å². The van der Waals surface area contributed by atoms with Crippen molar-refractivity contribution in [1.82, 2.24) is 25.4 Å². The van der Waals surface area contributed by atoms with Crippen molar-refractivity contribution in [2.24, 2.45) is 5.92 Å². The molecule has 34 heavy (non-hydrogen) atoms. The molecule has 0 spiro atoms. The van der Waals surface area contributed by atoms with Crippen molar-refractivity contribution < 1.29 is 27.1 Å². The summed E-state index contributed by atoms with van der Waals surface area (Å²) >= 11 is 1.24. The van der Waals surface area contributed by atoms with Crippen LogP contribution in [0.5, 0.6) is 5.19 Å². The normalized spacial score (nSPS) is 21.6. The Morgan fingerprint density at radius 1 is 1.21 bits per heavy atom. The Kier molecular flexibility index (Phi) is 8.07. The van der Waals surface area contributed by atoms with E-state index in [-0.39, 0.29) is 23.6 Å². The molecule has 1 amide bonds. The van der Waals surface area contributed by atoms with Gasteiger partial charge in [0.15, 0.2) is 6.61 Å². The van der Waals surface area contributed by atoms with Crippen LogP contribution in [-0.4, -0.2) is 64.4 Å². The SMILES string of the molecule is Cc1nnc(CC(=O)NC2CCC(CCN3CCc4nc(OCC(F)(F)F)sc4CC3)CC2)o1. The number of alkyl halides is 3. The van der Waals surface area contributed by atoms with E-state index >= 15 is 0 Å². The van der Waals surface area contributed by atoms with Crippen molar-refractivity contribution >= 4 is 17.2 Å². The molecule has 2 aromatic heterocycles. The largest absolute Gasteiger partial charge is 0.460 e. The molecule has 1 aliphatic carbocycles. The van der Waals surface area contributed by atoms with Crippen LogP contribution in [0, 0.1) is 12.8 Å². The fraction of sp³-hybridized carbons (Fsp3) is 0.727. The third-order valence-electron chi connectivity index (χ3n) is 6.38. The van der Waals surface area contributed by atoms with E-state index in [2.05, 4.69) is 25.4 Å². The molecule has 0 aromatic carbocycles. The lowest BCUT2D eigenvalue weighted by atomic mass is 9.84. The van der Waals surface area contributed by atoms with Gasteiger partial charge >= 0.3 is 6.18 Å². The molecule has 1 N–H and O–H groups in total. The summed E-state index contributed by atoms with van der Waals surface area (Å²) < 4.78 is 47.1. The molecule has 0 radical (unpaired) electrons. The van der Waals surface area contributed by atoms with E-state index in [9.17, 15) is 18.0 Å². The molecule has 1 fully saturated rings. The van der Waals surface area contributed by atoms with E-state index in [1.165, 1.54) is 11.3 Å². The topological polar surface area (TPSA) is 93.4 Å². The first-order chi connectivity index (χ1) is 16.2. The number of ether oxygens (including phenoxy) is 1. The summed E-state index contributed by atoms with van der Waals surface area (Å²) in [7, 11) is 0. The zero-order valence-corrected chi connectivity index (χ0v) is 20.0. The number of carbonyl (C=O) groups excluding carboxylic acids is 1. The first kappa shape index (κ1) is 24.9. The van der Waals surface area contributed by atoms with Gasteiger partial charge in [-0.2, -0.15) is 13.2 Å². The lowest BCUT2D eigenvalue weighted by molar-refractivity contribution is -0.153. The molecule has 0 saturated heterocycles. The summed E-state index contributed by atoms with van der Waals surface area (Å²) in [6.45, 7) is 3.15. The number of hydrogen-bond donors (Lipinski definition) is 1. The summed E-state index contributed by atoms with van der Waals surface area (Å²) in [6, 6.07) is 0.196. The standard InChI is InChI=1S/C22H30F3N5O3S/c1-14-28-29-20(33-14)12-19(31)26-16-4-2-15(3-5-16)6-9-30-10-7-17-18(8-11-30)34-21(27-17)32-13-22(23,24)25/h15-16H,2-13H2,1H3,(H,26,31). The van der Waals surface area contributed by atoms with Crippen LogP contribution >= 0.6 is 11.3 Å². The molecule has 188 valence electrons. The van der Waals surface area contributed by atoms with Gasteiger partial charge in [0.25, 0.3) is 5.19 Å². The first-order valence-corrected chi connectivity index (χ1v) is 12.5. The van der Waals surface area contributed by atoms with Gasteiger partial charge < -0.3 is 19.4 Å². The van der Waals surface area contributed by atoms with Gasteiger partial charge in [0.05, 0.1) is 5.69 Å². The summed E-state index contributed by atoms with van der Waals surface area (Å²) in [4.78, 5) is 19.9. The van der Waals surface area contributed by atoms with E-state index in [0.29, 0.717) is 17.7 Å². The molecule has 8 nitrogen and oxygen atoms in total. The Labute approximate surface area is 200 Å². The molecular weight excluding hydrogens is 471 g/mol. The number of thiazole rings is 1. The minimum absolute atomic E-state index is 0.0790. The molecule has 4 rings (SSSR count). The lowest BCUT2D eigenvalue weighted by Gasteiger charge is -2.30. The number of aromatic nitrogens is 3. The van der Waals surface area contributed by atoms with Crippen LogP contribution in [0.4, 0.5) is 13.2 Å². The van der Waals surface area contributed by atoms with Crippen LogP contribution in [0.15, 0.2) is 4.42 Å². The van der Waals surface area contributed by atoms with Gasteiger partial charge in [0.2, 0.25) is 17.7 Å². The van der Waals surface area contributed by atoms with Gasteiger partial charge in [-0.3, -0.25) is 4.79 Å². The molecule has 0 atom stereocenters. The number of carbonyl (C=O) groups is 1. The highest BCUT2D eigenvalue weighted by Gasteiger charge is 2.30. The van der Waals surface area contributed by atoms with E-state index in [1.54, 1.807) is 6.92 Å². The Morgan fingerprint density at radius 3 is 2.68 bits per heavy atom. The number of aryl methyl sites for hydroxylation is 1. The van der Waals surface area contributed by atoms with Gasteiger partial charge in [0.1, 0.15) is 6.42 Å². The van der Waals surface area contributed by atoms with Crippen LogP contribution in [0.25, 0.3) is 0 Å². The maximum atomic E-state index is 12.4. The molecule has 1 saturated carbocycles. The summed E-state index contributed by atoms with van der Waals surface area (Å²) in [5.41, 5.74) is 0.872. The maximum absolute atomic E-state index is 12.4. The van der Waals surface area contributed by atoms with Crippen LogP contribution < -0.4 is 10.1 Å². The Morgan fingerprint density at radius 2 is 1.97 bits per heavy atom. The van der Waals surface area contributed by atoms with Crippen molar-refractivity contribution in [3.8, 4) is 5.19 Å². The molecule has 0 unspecified atom stereocenters. The maximum Gasteiger partial charge on any atom is 0.422 e. The summed E-state index contributed by atoms with van der Waals surface area (Å²) in [5.74, 6) is 1.37. The molecule has 0 bridgehead atoms. The predicted molar refractivity (Wildman–Crippen MR) is 119 cm³/mol. The highest BCUT2D eigenvalue weighted by molar-refractivity contribution is 7.13. The highest BCUT2D eigenvalue weighted by atomic mass is 32.1. The van der Waals surface area contributed by atoms with E-state index < -0.39 is 12.8 Å². The third kappa shape index (κ3) is 7.39. The minimum Gasteiger partial charge on any atom is -0.460 e. The Hall–Kier alpha value is -2.21. The first-order valence-electron chi connectivity index (χ1n) is 11.7. The average Bonchev–Trinajstić information content (AvgIpc) is 3.32. The fourth-order valence-electron chi connectivity index (χ4n) is 4.60. The minimum atomic E-state index is -4.35. The number of hydrogen-bond acceptors (Lipinski definition) is 8. The molecule has 12 heteroatoms. The van der Waals surface area contributed by atoms with Gasteiger partial charge in [-0.25, -0.2) is 4.98 Å². The second kappa shape index (κ2) is 11.0. The van der Waals surface area contributed by atoms with Crippen molar-refractivity contribution in [3.63, 3.8) is 0 Å². The third-order valence-corrected chi connectivity index (χ3v) is 7.45. The summed E-state index contributed by atoms with van der Waals surface area (Å²) in [5, 5.41) is 10.8. The van der Waals surface area contributed by atoms with E-state index in [1.807, 2.05) is 0 Å². The monoisotopic (exact) mass is 501 g/mol. The zero-order chi connectivity index (χ0) is 24.1. The molecule has 3 heterocycles. The van der Waals surface area contributed by atoms with Crippen molar-refractivity contribution in [3.05, 3.63) is 22.4 Å². The smallest absolute Gasteiger partial charge is 0.422 e. The van der Waals surface area contributed by atoms with Crippen LogP contribution in [0.3, 0.4) is 0 Å². The molecule has 2 aromatic rings. The number of fused-ring (bicyclic) bond motifs is 1. The lowest BCUT2D eigenvalue weighted by Crippen LogP contribution is -2.39. The van der Waals surface area contributed by atoms with Crippen LogP contribution in [0.1, 0.15) is 54.5 Å². The Bertz CT molecular complexity index is 930. The fourth-order valence-corrected chi connectivity index (χ4v) is 5.54. The highest BCUT2D eigenvalue weighted by Crippen LogP contribution is 2.31. The number of amides is 1. The number of nitrogens with zero attached hydrogens (tertiary/aromatic N) is 4. The average molecular weight is 502 g/mol. The van der Waals surface area contributed by atoms with E-state index in [4.69, 9.17) is 9.15 Å². The van der Waals surface area contributed by atoms with Crippen LogP contribution in [-0.2, 0) is 24.1 Å². The molecule has 2 aliphatic rings. The Balaban J connectivity index is 1.13. The number of rotatable bonds is 8. The van der Waals surface area contributed by atoms with E-state index in [0.717, 1.165) is 75.2 Å². The second-order valence-corrected chi connectivity index (χ2v) is 10.1. The van der Waals surface area contributed by atoms with Gasteiger partial charge in [0, 0.05) is 37.4 Å². The molecule has 1 aliphatic heterocycles. The van der Waals surface area contributed by atoms with Crippen molar-refractivity contribution in [2.45, 2.75) is 70.5 Å². The number of halogens is 3.